The molecule has 0 spiro atoms. The first-order chi connectivity index (χ1) is 16.7. The second-order valence-electron chi connectivity index (χ2n) is 9.82. The lowest BCUT2D eigenvalue weighted by atomic mass is 10.00. The average molecular weight is 477 g/mol. The van der Waals surface area contributed by atoms with E-state index in [0.29, 0.717) is 18.8 Å². The molecule has 4 aromatic rings. The predicted molar refractivity (Wildman–Crippen MR) is 134 cm³/mol. The SMILES string of the molecule is Cc1cc(F)c(NC(=O)c2cnn(C(C)(C)C)c2)cc1-c1cc(N2CCOCC2)c2nccn2c1. The first kappa shape index (κ1) is 23.0. The fourth-order valence-electron chi connectivity index (χ4n) is 4.28. The van der Waals surface area contributed by atoms with Gasteiger partial charge in [0.15, 0.2) is 5.65 Å². The van der Waals surface area contributed by atoms with Gasteiger partial charge in [0.1, 0.15) is 5.82 Å². The summed E-state index contributed by atoms with van der Waals surface area (Å²) in [5.41, 5.74) is 4.61. The molecular weight excluding hydrogens is 447 g/mol. The normalized spacial score (nSPS) is 14.5. The highest BCUT2D eigenvalue weighted by Crippen LogP contribution is 2.33. The Bertz CT molecular complexity index is 1390. The molecule has 1 aliphatic rings. The van der Waals surface area contributed by atoms with Crippen molar-refractivity contribution in [1.82, 2.24) is 19.2 Å². The maximum atomic E-state index is 14.9. The Labute approximate surface area is 203 Å². The van der Waals surface area contributed by atoms with Gasteiger partial charge < -0.3 is 19.4 Å². The maximum Gasteiger partial charge on any atom is 0.258 e. The number of aromatic nitrogens is 4. The van der Waals surface area contributed by atoms with Gasteiger partial charge in [-0.25, -0.2) is 9.37 Å². The molecule has 1 fully saturated rings. The highest BCUT2D eigenvalue weighted by atomic mass is 19.1. The van der Waals surface area contributed by atoms with E-state index >= 15 is 0 Å². The minimum absolute atomic E-state index is 0.123. The number of carbonyl (C=O) groups is 1. The highest BCUT2D eigenvalue weighted by molar-refractivity contribution is 6.04. The summed E-state index contributed by atoms with van der Waals surface area (Å²) >= 11 is 0. The molecule has 35 heavy (non-hydrogen) atoms. The Morgan fingerprint density at radius 1 is 1.14 bits per heavy atom. The van der Waals surface area contributed by atoms with E-state index in [1.54, 1.807) is 23.1 Å². The fourth-order valence-corrected chi connectivity index (χ4v) is 4.28. The van der Waals surface area contributed by atoms with E-state index < -0.39 is 11.7 Å². The van der Waals surface area contributed by atoms with Crippen molar-refractivity contribution in [2.45, 2.75) is 33.2 Å². The number of fused-ring (bicyclic) bond motifs is 1. The molecule has 0 unspecified atom stereocenters. The van der Waals surface area contributed by atoms with E-state index in [9.17, 15) is 9.18 Å². The number of imidazole rings is 1. The Morgan fingerprint density at radius 2 is 1.91 bits per heavy atom. The lowest BCUT2D eigenvalue weighted by Gasteiger charge is -2.29. The Kier molecular flexibility index (Phi) is 5.80. The molecule has 1 aliphatic heterocycles. The third-order valence-electron chi connectivity index (χ3n) is 6.23. The van der Waals surface area contributed by atoms with Gasteiger partial charge in [-0.05, 0) is 57.0 Å². The van der Waals surface area contributed by atoms with Crippen LogP contribution in [0.1, 0.15) is 36.7 Å². The van der Waals surface area contributed by atoms with Crippen LogP contribution in [-0.4, -0.2) is 51.4 Å². The van der Waals surface area contributed by atoms with Crippen molar-refractivity contribution in [3.8, 4) is 11.1 Å². The number of pyridine rings is 1. The van der Waals surface area contributed by atoms with E-state index in [0.717, 1.165) is 41.1 Å². The molecule has 0 radical (unpaired) electrons. The molecule has 1 N–H and O–H groups in total. The number of benzene rings is 1. The number of carbonyl (C=O) groups excluding carboxylic acids is 1. The molecule has 0 saturated carbocycles. The predicted octanol–water partition coefficient (Wildman–Crippen LogP) is 4.49. The van der Waals surface area contributed by atoms with Crippen molar-refractivity contribution in [3.05, 3.63) is 66.1 Å². The summed E-state index contributed by atoms with van der Waals surface area (Å²) < 4.78 is 24.1. The van der Waals surface area contributed by atoms with Crippen LogP contribution in [-0.2, 0) is 10.3 Å². The smallest absolute Gasteiger partial charge is 0.258 e. The summed E-state index contributed by atoms with van der Waals surface area (Å²) in [4.78, 5) is 19.7. The van der Waals surface area contributed by atoms with Crippen LogP contribution in [0.5, 0.6) is 0 Å². The summed E-state index contributed by atoms with van der Waals surface area (Å²) in [7, 11) is 0. The van der Waals surface area contributed by atoms with Crippen molar-refractivity contribution < 1.29 is 13.9 Å². The van der Waals surface area contributed by atoms with Crippen molar-refractivity contribution in [3.63, 3.8) is 0 Å². The van der Waals surface area contributed by atoms with Crippen molar-refractivity contribution in [2.24, 2.45) is 0 Å². The summed E-state index contributed by atoms with van der Waals surface area (Å²) in [6.07, 6.45) is 8.81. The van der Waals surface area contributed by atoms with Crippen LogP contribution in [0.4, 0.5) is 15.8 Å². The summed E-state index contributed by atoms with van der Waals surface area (Å²) in [5.74, 6) is -0.895. The van der Waals surface area contributed by atoms with Gasteiger partial charge in [0, 0.05) is 43.4 Å². The van der Waals surface area contributed by atoms with Gasteiger partial charge in [-0.1, -0.05) is 0 Å². The van der Waals surface area contributed by atoms with Crippen molar-refractivity contribution >= 4 is 22.9 Å². The molecule has 8 nitrogen and oxygen atoms in total. The first-order valence-electron chi connectivity index (χ1n) is 11.7. The molecule has 1 amide bonds. The van der Waals surface area contributed by atoms with Gasteiger partial charge in [-0.2, -0.15) is 5.10 Å². The third kappa shape index (κ3) is 4.51. The van der Waals surface area contributed by atoms with Crippen LogP contribution in [0.15, 0.2) is 49.2 Å². The zero-order valence-electron chi connectivity index (χ0n) is 20.4. The number of anilines is 2. The molecule has 0 aliphatic carbocycles. The first-order valence-corrected chi connectivity index (χ1v) is 11.7. The Morgan fingerprint density at radius 3 is 2.63 bits per heavy atom. The van der Waals surface area contributed by atoms with E-state index in [1.165, 1.54) is 12.3 Å². The lowest BCUT2D eigenvalue weighted by molar-refractivity contribution is 0.102. The highest BCUT2D eigenvalue weighted by Gasteiger charge is 2.20. The number of nitrogens with one attached hydrogen (secondary N) is 1. The van der Waals surface area contributed by atoms with Crippen LogP contribution in [0.2, 0.25) is 0 Å². The maximum absolute atomic E-state index is 14.9. The van der Waals surface area contributed by atoms with Crippen molar-refractivity contribution in [2.75, 3.05) is 36.5 Å². The fraction of sp³-hybridized carbons (Fsp3) is 0.346. The molecule has 3 aromatic heterocycles. The zero-order valence-corrected chi connectivity index (χ0v) is 20.4. The van der Waals surface area contributed by atoms with Gasteiger partial charge >= 0.3 is 0 Å². The number of halogens is 1. The van der Waals surface area contributed by atoms with Gasteiger partial charge in [0.05, 0.1) is 41.9 Å². The minimum Gasteiger partial charge on any atom is -0.378 e. The van der Waals surface area contributed by atoms with E-state index in [-0.39, 0.29) is 11.2 Å². The minimum atomic E-state index is -0.486. The van der Waals surface area contributed by atoms with Crippen LogP contribution in [0.3, 0.4) is 0 Å². The summed E-state index contributed by atoms with van der Waals surface area (Å²) in [6.45, 7) is 10.7. The number of nitrogens with zero attached hydrogens (tertiary/aromatic N) is 5. The van der Waals surface area contributed by atoms with Crippen LogP contribution in [0, 0.1) is 12.7 Å². The van der Waals surface area contributed by atoms with Gasteiger partial charge in [0.2, 0.25) is 0 Å². The summed E-state index contributed by atoms with van der Waals surface area (Å²) in [5, 5.41) is 7.00. The standard InChI is InChI=1S/C26H29FN6O2/c1-17-11-21(27)22(30-25(34)19-14-29-33(16-19)26(2,3)4)13-20(17)18-12-23(31-7-9-35-10-8-31)24-28-5-6-32(24)15-18/h5-6,11-16H,7-10H2,1-4H3,(H,30,34). The number of hydrogen-bond donors (Lipinski definition) is 1. The molecule has 9 heteroatoms. The number of rotatable bonds is 4. The van der Waals surface area contributed by atoms with Crippen LogP contribution in [0.25, 0.3) is 16.8 Å². The number of morpholine rings is 1. The zero-order chi connectivity index (χ0) is 24.7. The van der Waals surface area contributed by atoms with E-state index in [1.807, 2.05) is 44.5 Å². The second kappa shape index (κ2) is 8.81. The van der Waals surface area contributed by atoms with Gasteiger partial charge in [-0.3, -0.25) is 9.48 Å². The second-order valence-corrected chi connectivity index (χ2v) is 9.82. The molecular formula is C26H29FN6O2. The Hall–Kier alpha value is -3.72. The molecule has 4 heterocycles. The third-order valence-corrected chi connectivity index (χ3v) is 6.23. The van der Waals surface area contributed by atoms with Gasteiger partial charge in [0.25, 0.3) is 5.91 Å². The molecule has 1 saturated heterocycles. The Balaban J connectivity index is 1.51. The van der Waals surface area contributed by atoms with Crippen LogP contribution < -0.4 is 10.2 Å². The monoisotopic (exact) mass is 476 g/mol. The van der Waals surface area contributed by atoms with Crippen LogP contribution >= 0.6 is 0 Å². The number of aryl methyl sites for hydroxylation is 1. The topological polar surface area (TPSA) is 76.7 Å². The molecule has 5 rings (SSSR count). The average Bonchev–Trinajstić information content (AvgIpc) is 3.50. The number of hydrogen-bond acceptors (Lipinski definition) is 5. The number of amides is 1. The van der Waals surface area contributed by atoms with E-state index in [4.69, 9.17) is 4.74 Å². The summed E-state index contributed by atoms with van der Waals surface area (Å²) in [6, 6.07) is 5.22. The van der Waals surface area contributed by atoms with Gasteiger partial charge in [-0.15, -0.1) is 0 Å². The molecule has 0 atom stereocenters. The van der Waals surface area contributed by atoms with E-state index in [2.05, 4.69) is 26.4 Å². The number of ether oxygens (including phenoxy) is 1. The quantitative estimate of drug-likeness (QED) is 0.470. The largest absolute Gasteiger partial charge is 0.378 e. The molecule has 182 valence electrons. The van der Waals surface area contributed by atoms with Crippen molar-refractivity contribution in [1.29, 1.82) is 0 Å². The lowest BCUT2D eigenvalue weighted by Crippen LogP contribution is -2.36. The molecule has 0 bridgehead atoms. The molecule has 1 aromatic carbocycles.